The number of aryl methyl sites for hydroxylation is 1. The Morgan fingerprint density at radius 3 is 2.76 bits per heavy atom. The molecule has 0 amide bonds. The number of H-pyrrole nitrogens is 1. The van der Waals surface area contributed by atoms with Gasteiger partial charge in [-0.25, -0.2) is 4.98 Å². The molecule has 7 rings (SSSR count). The number of ether oxygens (including phenoxy) is 2. The first-order valence-electron chi connectivity index (χ1n) is 13.3. The van der Waals surface area contributed by atoms with E-state index in [-0.39, 0.29) is 0 Å². The van der Waals surface area contributed by atoms with Crippen molar-refractivity contribution in [2.75, 3.05) is 18.0 Å². The van der Waals surface area contributed by atoms with Gasteiger partial charge in [-0.1, -0.05) is 12.1 Å². The van der Waals surface area contributed by atoms with E-state index in [1.165, 1.54) is 34.4 Å². The van der Waals surface area contributed by atoms with Crippen LogP contribution >= 0.6 is 0 Å². The van der Waals surface area contributed by atoms with Crippen molar-refractivity contribution in [1.82, 2.24) is 9.97 Å². The average molecular weight is 501 g/mol. The van der Waals surface area contributed by atoms with Crippen LogP contribution in [0.4, 0.5) is 5.69 Å². The Balaban J connectivity index is 1.28. The monoisotopic (exact) mass is 500 g/mol. The van der Waals surface area contributed by atoms with Crippen LogP contribution in [0.25, 0.3) is 22.2 Å². The van der Waals surface area contributed by atoms with Gasteiger partial charge in [-0.3, -0.25) is 0 Å². The van der Waals surface area contributed by atoms with Crippen molar-refractivity contribution in [3.05, 3.63) is 100 Å². The molecule has 0 fully saturated rings. The minimum Gasteiger partial charge on any atom is -0.462 e. The van der Waals surface area contributed by atoms with Crippen molar-refractivity contribution in [2.24, 2.45) is 0 Å². The molecule has 4 aliphatic rings. The normalized spacial score (nSPS) is 20.4. The number of aromatic amines is 1. The van der Waals surface area contributed by atoms with Gasteiger partial charge < -0.3 is 19.4 Å². The molecule has 0 saturated carbocycles. The third-order valence-electron chi connectivity index (χ3n) is 7.72. The van der Waals surface area contributed by atoms with Gasteiger partial charge in [0.05, 0.1) is 11.0 Å². The fraction of sp³-hybridized carbons (Fsp3) is 0.250. The highest BCUT2D eigenvalue weighted by molar-refractivity contribution is 5.86. The zero-order chi connectivity index (χ0) is 25.8. The van der Waals surface area contributed by atoms with Crippen LogP contribution in [0.2, 0.25) is 0 Å². The van der Waals surface area contributed by atoms with E-state index in [0.29, 0.717) is 22.9 Å². The zero-order valence-electron chi connectivity index (χ0n) is 21.6. The summed E-state index contributed by atoms with van der Waals surface area (Å²) in [5.74, 6) is 3.60. The molecular weight excluding hydrogens is 472 g/mol. The Kier molecular flexibility index (Phi) is 5.26. The highest BCUT2D eigenvalue weighted by atomic mass is 16.5. The maximum absolute atomic E-state index is 10.1. The largest absolute Gasteiger partial charge is 0.462 e. The molecule has 4 aliphatic heterocycles. The molecule has 0 bridgehead atoms. The van der Waals surface area contributed by atoms with Gasteiger partial charge >= 0.3 is 0 Å². The zero-order valence-corrected chi connectivity index (χ0v) is 21.6. The number of benzene rings is 2. The van der Waals surface area contributed by atoms with E-state index in [1.54, 1.807) is 0 Å². The van der Waals surface area contributed by atoms with Gasteiger partial charge in [0.2, 0.25) is 0 Å². The topological polar surface area (TPSA) is 74.2 Å². The van der Waals surface area contributed by atoms with Gasteiger partial charge in [0.15, 0.2) is 0 Å². The number of nitrogens with one attached hydrogen (secondary N) is 1. The van der Waals surface area contributed by atoms with E-state index in [1.807, 2.05) is 49.4 Å². The standard InChI is InChI=1S/C32H28N4O2/c1-19-13-23(38-31-25-8-6-12-36-11-5-7-21(30(25)36)16-26(19)31)17-24-15-22(14-20(2)37-24)27(18-33)32-34-28-9-3-4-10-29(28)35-32/h3-4,9-10,13-17H,5-8,11-12H2,1-2H3,(H,34,35). The molecule has 1 N–H and O–H groups in total. The second kappa shape index (κ2) is 8.81. The number of nitriles is 1. The lowest BCUT2D eigenvalue weighted by atomic mass is 9.86. The van der Waals surface area contributed by atoms with Crippen molar-refractivity contribution in [1.29, 1.82) is 5.26 Å². The quantitative estimate of drug-likeness (QED) is 0.395. The van der Waals surface area contributed by atoms with Gasteiger partial charge in [-0.2, -0.15) is 5.26 Å². The summed E-state index contributed by atoms with van der Waals surface area (Å²) in [5.41, 5.74) is 9.54. The lowest BCUT2D eigenvalue weighted by Crippen LogP contribution is -2.35. The van der Waals surface area contributed by atoms with Crippen LogP contribution in [0.5, 0.6) is 5.75 Å². The molecule has 0 aliphatic carbocycles. The molecular formula is C32H28N4O2. The predicted octanol–water partition coefficient (Wildman–Crippen LogP) is 6.74. The minimum absolute atomic E-state index is 0.470. The average Bonchev–Trinajstić information content (AvgIpc) is 3.34. The third kappa shape index (κ3) is 3.74. The van der Waals surface area contributed by atoms with Gasteiger partial charge in [-0.15, -0.1) is 0 Å². The molecule has 3 aromatic rings. The van der Waals surface area contributed by atoms with E-state index in [9.17, 15) is 5.26 Å². The molecule has 0 spiro atoms. The maximum atomic E-state index is 10.1. The fourth-order valence-electron chi connectivity index (χ4n) is 6.09. The van der Waals surface area contributed by atoms with Crippen molar-refractivity contribution in [3.63, 3.8) is 0 Å². The van der Waals surface area contributed by atoms with Gasteiger partial charge in [0, 0.05) is 41.6 Å². The molecule has 38 heavy (non-hydrogen) atoms. The van der Waals surface area contributed by atoms with Crippen LogP contribution in [-0.2, 0) is 17.6 Å². The van der Waals surface area contributed by atoms with E-state index in [2.05, 4.69) is 40.0 Å². The van der Waals surface area contributed by atoms with Crippen molar-refractivity contribution >= 4 is 27.9 Å². The number of hydrogen-bond donors (Lipinski definition) is 1. The van der Waals surface area contributed by atoms with Crippen LogP contribution in [0.1, 0.15) is 49.2 Å². The van der Waals surface area contributed by atoms with Crippen LogP contribution in [0.3, 0.4) is 0 Å². The Morgan fingerprint density at radius 1 is 1.08 bits per heavy atom. The molecule has 0 saturated heterocycles. The SMILES string of the molecule is CC1=CC(=C(C#N)c2nc3ccccc3[nH]2)C=C(C=C2C=C(C)c3cc4c5c(c3O2)CCCN5CCC4)O1. The molecule has 0 atom stereocenters. The number of aromatic nitrogens is 2. The Bertz CT molecular complexity index is 1670. The van der Waals surface area contributed by atoms with Crippen molar-refractivity contribution in [2.45, 2.75) is 39.5 Å². The summed E-state index contributed by atoms with van der Waals surface area (Å²) in [5, 5.41) is 10.1. The number of anilines is 1. The summed E-state index contributed by atoms with van der Waals surface area (Å²) in [6.45, 7) is 6.30. The fourth-order valence-corrected chi connectivity index (χ4v) is 6.09. The van der Waals surface area contributed by atoms with Crippen LogP contribution in [0.15, 0.2) is 77.5 Å². The minimum atomic E-state index is 0.470. The summed E-state index contributed by atoms with van der Waals surface area (Å²) in [6, 6.07) is 12.5. The van der Waals surface area contributed by atoms with Gasteiger partial charge in [-0.05, 0) is 87.1 Å². The number of imidazole rings is 1. The third-order valence-corrected chi connectivity index (χ3v) is 7.72. The Labute approximate surface area is 221 Å². The van der Waals surface area contributed by atoms with Crippen molar-refractivity contribution in [3.8, 4) is 11.8 Å². The second-order valence-electron chi connectivity index (χ2n) is 10.4. The van der Waals surface area contributed by atoms with E-state index in [4.69, 9.17) is 9.47 Å². The van der Waals surface area contributed by atoms with E-state index in [0.717, 1.165) is 60.5 Å². The molecule has 6 heteroatoms. The first-order valence-corrected chi connectivity index (χ1v) is 13.3. The van der Waals surface area contributed by atoms with Gasteiger partial charge in [0.1, 0.15) is 40.5 Å². The number of hydrogen-bond acceptors (Lipinski definition) is 5. The van der Waals surface area contributed by atoms with Crippen LogP contribution in [0, 0.1) is 11.3 Å². The molecule has 6 nitrogen and oxygen atoms in total. The number of para-hydroxylation sites is 2. The molecule has 0 radical (unpaired) electrons. The lowest BCUT2D eigenvalue weighted by Gasteiger charge is -2.39. The smallest absolute Gasteiger partial charge is 0.149 e. The summed E-state index contributed by atoms with van der Waals surface area (Å²) >= 11 is 0. The summed E-state index contributed by atoms with van der Waals surface area (Å²) in [7, 11) is 0. The molecule has 0 unspecified atom stereocenters. The summed E-state index contributed by atoms with van der Waals surface area (Å²) < 4.78 is 12.6. The van der Waals surface area contributed by atoms with Crippen LogP contribution < -0.4 is 9.64 Å². The molecule has 2 aromatic carbocycles. The molecule has 5 heterocycles. The number of fused-ring (bicyclic) bond motifs is 3. The number of allylic oxidation sites excluding steroid dienone is 8. The number of nitrogens with zero attached hydrogens (tertiary/aromatic N) is 3. The Hall–Kier alpha value is -4.50. The maximum Gasteiger partial charge on any atom is 0.149 e. The Morgan fingerprint density at radius 2 is 1.92 bits per heavy atom. The van der Waals surface area contributed by atoms with E-state index >= 15 is 0 Å². The van der Waals surface area contributed by atoms with Crippen LogP contribution in [-0.4, -0.2) is 23.1 Å². The second-order valence-corrected chi connectivity index (χ2v) is 10.4. The summed E-state index contributed by atoms with van der Waals surface area (Å²) in [6.07, 6.45) is 12.3. The van der Waals surface area contributed by atoms with E-state index < -0.39 is 0 Å². The summed E-state index contributed by atoms with van der Waals surface area (Å²) in [4.78, 5) is 10.5. The van der Waals surface area contributed by atoms with Crippen molar-refractivity contribution < 1.29 is 9.47 Å². The van der Waals surface area contributed by atoms with Gasteiger partial charge in [0.25, 0.3) is 0 Å². The first-order chi connectivity index (χ1) is 18.6. The highest BCUT2D eigenvalue weighted by Gasteiger charge is 2.30. The molecule has 1 aromatic heterocycles. The first kappa shape index (κ1) is 22.7. The lowest BCUT2D eigenvalue weighted by molar-refractivity contribution is 0.313. The highest BCUT2D eigenvalue weighted by Crippen LogP contribution is 2.47. The molecule has 188 valence electrons. The predicted molar refractivity (Wildman–Crippen MR) is 149 cm³/mol. The number of rotatable bonds is 2.